The van der Waals surface area contributed by atoms with Crippen LogP contribution in [0.25, 0.3) is 0 Å². The zero-order valence-corrected chi connectivity index (χ0v) is 16.6. The Morgan fingerprint density at radius 1 is 0.848 bits per heavy atom. The third kappa shape index (κ3) is 5.57. The molecule has 0 aliphatic heterocycles. The highest BCUT2D eigenvalue weighted by molar-refractivity contribution is 5.99. The number of hydrogen-bond donors (Lipinski definition) is 1. The molecule has 0 spiro atoms. The molecular weight excluding hydrogens is 452 g/mol. The molecule has 3 aromatic rings. The van der Waals surface area contributed by atoms with E-state index in [-0.39, 0.29) is 16.7 Å². The summed E-state index contributed by atoms with van der Waals surface area (Å²) in [6.45, 7) is 0. The molecule has 4 nitrogen and oxygen atoms in total. The number of aromatic carboxylic acids is 1. The van der Waals surface area contributed by atoms with Crippen LogP contribution in [0.1, 0.15) is 55.4 Å². The summed E-state index contributed by atoms with van der Waals surface area (Å²) in [5.41, 5.74) is -2.87. The van der Waals surface area contributed by atoms with Gasteiger partial charge in [0.1, 0.15) is 0 Å². The van der Waals surface area contributed by atoms with E-state index in [0.29, 0.717) is 12.1 Å². The van der Waals surface area contributed by atoms with Crippen LogP contribution in [0.2, 0.25) is 0 Å². The normalized spacial score (nSPS) is 12.9. The lowest BCUT2D eigenvalue weighted by molar-refractivity contribution is -0.139. The molecule has 0 aliphatic carbocycles. The highest BCUT2D eigenvalue weighted by Crippen LogP contribution is 2.39. The molecule has 1 heterocycles. The number of alkyl halides is 6. The largest absolute Gasteiger partial charge is 0.478 e. The maximum atomic E-state index is 13.6. The Kier molecular flexibility index (Phi) is 6.57. The first-order chi connectivity index (χ1) is 15.4. The van der Waals surface area contributed by atoms with Crippen LogP contribution in [0.3, 0.4) is 0 Å². The van der Waals surface area contributed by atoms with Crippen molar-refractivity contribution in [1.29, 1.82) is 0 Å². The van der Waals surface area contributed by atoms with Crippen molar-refractivity contribution >= 4 is 11.8 Å². The van der Waals surface area contributed by atoms with Gasteiger partial charge < -0.3 is 5.11 Å². The maximum absolute atomic E-state index is 13.6. The molecule has 0 radical (unpaired) electrons. The van der Waals surface area contributed by atoms with E-state index in [2.05, 4.69) is 4.98 Å². The van der Waals surface area contributed by atoms with Gasteiger partial charge >= 0.3 is 18.3 Å². The van der Waals surface area contributed by atoms with E-state index >= 15 is 0 Å². The number of carbonyl (C=O) groups is 2. The van der Waals surface area contributed by atoms with Crippen molar-refractivity contribution in [2.24, 2.45) is 0 Å². The van der Waals surface area contributed by atoms with Crippen molar-refractivity contribution in [2.75, 3.05) is 0 Å². The summed E-state index contributed by atoms with van der Waals surface area (Å²) in [4.78, 5) is 27.8. The molecule has 1 atom stereocenters. The molecule has 172 valence electrons. The standard InChI is InChI=1S/C23H15F6NO3/c24-22(25,26)16-8-6-13(7-9-16)17(20-18(23(27,28)29)5-2-10-30-20)12-19(31)14-3-1-4-15(11-14)21(32)33/h1-11,17H,12H2,(H,32,33)/t17-/m0/s1. The highest BCUT2D eigenvalue weighted by atomic mass is 19.4. The van der Waals surface area contributed by atoms with E-state index < -0.39 is 53.3 Å². The van der Waals surface area contributed by atoms with Gasteiger partial charge in [-0.2, -0.15) is 26.3 Å². The number of rotatable bonds is 6. The average molecular weight is 467 g/mol. The van der Waals surface area contributed by atoms with Gasteiger partial charge in [-0.15, -0.1) is 0 Å². The zero-order valence-electron chi connectivity index (χ0n) is 16.6. The number of halogens is 6. The number of carboxylic acid groups (broad SMARTS) is 1. The van der Waals surface area contributed by atoms with E-state index in [1.165, 1.54) is 18.2 Å². The fourth-order valence-corrected chi connectivity index (χ4v) is 3.34. The Morgan fingerprint density at radius 2 is 1.48 bits per heavy atom. The number of ketones is 1. The molecule has 3 rings (SSSR count). The number of carboxylic acids is 1. The number of Topliss-reactive ketones (excluding diaryl/α,β-unsaturated/α-hetero) is 1. The summed E-state index contributed by atoms with van der Waals surface area (Å²) >= 11 is 0. The second-order valence-electron chi connectivity index (χ2n) is 7.12. The SMILES string of the molecule is O=C(O)c1cccc(C(=O)C[C@@H](c2ccc(C(F)(F)F)cc2)c2ncccc2C(F)(F)F)c1. The highest BCUT2D eigenvalue weighted by Gasteiger charge is 2.37. The first kappa shape index (κ1) is 24.0. The predicted octanol–water partition coefficient (Wildman–Crippen LogP) is 6.22. The van der Waals surface area contributed by atoms with Crippen molar-refractivity contribution in [3.05, 3.63) is 100 Å². The topological polar surface area (TPSA) is 67.3 Å². The Bertz CT molecular complexity index is 1170. The average Bonchev–Trinajstić information content (AvgIpc) is 2.76. The Morgan fingerprint density at radius 3 is 2.06 bits per heavy atom. The molecule has 10 heteroatoms. The first-order valence-corrected chi connectivity index (χ1v) is 9.43. The molecule has 0 amide bonds. The van der Waals surface area contributed by atoms with Crippen LogP contribution in [0, 0.1) is 0 Å². The van der Waals surface area contributed by atoms with Gasteiger partial charge in [-0.25, -0.2) is 4.79 Å². The number of benzene rings is 2. The van der Waals surface area contributed by atoms with Gasteiger partial charge in [0.2, 0.25) is 0 Å². The van der Waals surface area contributed by atoms with Crippen molar-refractivity contribution < 1.29 is 41.0 Å². The van der Waals surface area contributed by atoms with Crippen LogP contribution in [-0.4, -0.2) is 21.8 Å². The quantitative estimate of drug-likeness (QED) is 0.345. The van der Waals surface area contributed by atoms with E-state index in [4.69, 9.17) is 5.11 Å². The molecule has 33 heavy (non-hydrogen) atoms. The Hall–Kier alpha value is -3.69. The number of nitrogens with zero attached hydrogens (tertiary/aromatic N) is 1. The van der Waals surface area contributed by atoms with Gasteiger partial charge in [-0.05, 0) is 42.0 Å². The minimum Gasteiger partial charge on any atom is -0.478 e. The predicted molar refractivity (Wildman–Crippen MR) is 105 cm³/mol. The molecule has 0 unspecified atom stereocenters. The van der Waals surface area contributed by atoms with E-state index in [9.17, 15) is 35.9 Å². The summed E-state index contributed by atoms with van der Waals surface area (Å²) in [6, 6.07) is 10.2. The molecule has 0 saturated carbocycles. The molecule has 0 saturated heterocycles. The Balaban J connectivity index is 2.08. The summed E-state index contributed by atoms with van der Waals surface area (Å²) < 4.78 is 79.6. The van der Waals surface area contributed by atoms with Crippen molar-refractivity contribution in [3.63, 3.8) is 0 Å². The molecular formula is C23H15F6NO3. The van der Waals surface area contributed by atoms with Gasteiger partial charge in [0.25, 0.3) is 0 Å². The Labute approximate surface area is 183 Å². The number of pyridine rings is 1. The van der Waals surface area contributed by atoms with Crippen LogP contribution in [0.5, 0.6) is 0 Å². The lowest BCUT2D eigenvalue weighted by Crippen LogP contribution is -2.17. The van der Waals surface area contributed by atoms with Gasteiger partial charge in [-0.1, -0.05) is 24.3 Å². The summed E-state index contributed by atoms with van der Waals surface area (Å²) in [7, 11) is 0. The first-order valence-electron chi connectivity index (χ1n) is 9.43. The zero-order chi connectivity index (χ0) is 24.4. The minimum atomic E-state index is -4.82. The lowest BCUT2D eigenvalue weighted by Gasteiger charge is -2.21. The number of carbonyl (C=O) groups excluding carboxylic acids is 1. The minimum absolute atomic E-state index is 0.0231. The molecule has 0 aliphatic rings. The second kappa shape index (κ2) is 9.05. The lowest BCUT2D eigenvalue weighted by atomic mass is 9.86. The fraction of sp³-hybridized carbons (Fsp3) is 0.174. The van der Waals surface area contributed by atoms with Gasteiger partial charge in [0.15, 0.2) is 5.78 Å². The smallest absolute Gasteiger partial charge is 0.418 e. The summed E-state index contributed by atoms with van der Waals surface area (Å²) in [6.07, 6.45) is -8.95. The third-order valence-corrected chi connectivity index (χ3v) is 4.94. The van der Waals surface area contributed by atoms with Crippen molar-refractivity contribution in [2.45, 2.75) is 24.7 Å². The molecule has 1 N–H and O–H groups in total. The molecule has 1 aromatic heterocycles. The van der Waals surface area contributed by atoms with Gasteiger partial charge in [0.05, 0.1) is 22.4 Å². The monoisotopic (exact) mass is 467 g/mol. The van der Waals surface area contributed by atoms with Crippen LogP contribution in [0.4, 0.5) is 26.3 Å². The van der Waals surface area contributed by atoms with Gasteiger partial charge in [-0.3, -0.25) is 9.78 Å². The summed E-state index contributed by atoms with van der Waals surface area (Å²) in [5, 5.41) is 9.11. The van der Waals surface area contributed by atoms with E-state index in [0.717, 1.165) is 36.5 Å². The maximum Gasteiger partial charge on any atom is 0.418 e. The van der Waals surface area contributed by atoms with Crippen LogP contribution in [-0.2, 0) is 12.4 Å². The molecule has 2 aromatic carbocycles. The summed E-state index contributed by atoms with van der Waals surface area (Å²) in [5.74, 6) is -3.32. The number of aromatic nitrogens is 1. The van der Waals surface area contributed by atoms with Crippen molar-refractivity contribution in [3.8, 4) is 0 Å². The van der Waals surface area contributed by atoms with Crippen LogP contribution in [0.15, 0.2) is 66.9 Å². The third-order valence-electron chi connectivity index (χ3n) is 4.94. The molecule has 0 bridgehead atoms. The van der Waals surface area contributed by atoms with Gasteiger partial charge in [0, 0.05) is 24.1 Å². The second-order valence-corrected chi connectivity index (χ2v) is 7.12. The van der Waals surface area contributed by atoms with Crippen LogP contribution >= 0.6 is 0 Å². The van der Waals surface area contributed by atoms with Crippen LogP contribution < -0.4 is 0 Å². The van der Waals surface area contributed by atoms with E-state index in [1.54, 1.807) is 0 Å². The number of hydrogen-bond acceptors (Lipinski definition) is 3. The molecule has 0 fully saturated rings. The van der Waals surface area contributed by atoms with Crippen molar-refractivity contribution in [1.82, 2.24) is 4.98 Å². The fourth-order valence-electron chi connectivity index (χ4n) is 3.34. The van der Waals surface area contributed by atoms with E-state index in [1.807, 2.05) is 0 Å².